The van der Waals surface area contributed by atoms with Crippen molar-refractivity contribution in [2.24, 2.45) is 5.10 Å². The second kappa shape index (κ2) is 6.65. The molecule has 0 saturated heterocycles. The molecule has 1 aromatic carbocycles. The van der Waals surface area contributed by atoms with Gasteiger partial charge in [0.1, 0.15) is 0 Å². The van der Waals surface area contributed by atoms with E-state index in [1.807, 2.05) is 30.3 Å². The maximum Gasteiger partial charge on any atom is 0.462 e. The summed E-state index contributed by atoms with van der Waals surface area (Å²) >= 11 is 0. The van der Waals surface area contributed by atoms with Crippen molar-refractivity contribution >= 4 is 23.7 Å². The van der Waals surface area contributed by atoms with Gasteiger partial charge in [-0.05, 0) is 5.56 Å². The van der Waals surface area contributed by atoms with Crippen molar-refractivity contribution in [3.8, 4) is 6.07 Å². The molecule has 1 unspecified atom stereocenters. The molecule has 1 aromatic rings. The molecule has 0 amide bonds. The highest BCUT2D eigenvalue weighted by molar-refractivity contribution is 6.11. The number of benzene rings is 1. The Bertz CT molecular complexity index is 967. The van der Waals surface area contributed by atoms with Gasteiger partial charge in [-0.15, -0.1) is 5.12 Å². The average molecular weight is 363 g/mol. The Kier molecular flexibility index (Phi) is 4.36. The van der Waals surface area contributed by atoms with E-state index in [-0.39, 0.29) is 5.70 Å². The van der Waals surface area contributed by atoms with Gasteiger partial charge in [0.05, 0.1) is 20.4 Å². The maximum atomic E-state index is 12.4. The molecule has 0 radical (unpaired) electrons. The first-order valence-electron chi connectivity index (χ1n) is 7.66. The topological polar surface area (TPSA) is 99.6 Å². The van der Waals surface area contributed by atoms with Crippen LogP contribution in [0.1, 0.15) is 5.56 Å². The SMILES string of the molecule is [C-]#[N+]C1(C#N)C(C(=O)OC)=C(C(=O)OC)N2C=C(c3ccccc3)C=NN21. The van der Waals surface area contributed by atoms with E-state index >= 15 is 0 Å². The zero-order valence-electron chi connectivity index (χ0n) is 14.4. The van der Waals surface area contributed by atoms with Crippen molar-refractivity contribution in [1.29, 1.82) is 5.26 Å². The molecule has 2 aliphatic rings. The number of hydrazone groups is 1. The number of fused-ring (bicyclic) bond motifs is 1. The Morgan fingerprint density at radius 2 is 1.89 bits per heavy atom. The fraction of sp³-hybridized carbons (Fsp3) is 0.167. The molecule has 27 heavy (non-hydrogen) atoms. The van der Waals surface area contributed by atoms with E-state index in [1.54, 1.807) is 6.07 Å². The predicted octanol–water partition coefficient (Wildman–Crippen LogP) is 1.30. The number of hydrazine groups is 1. The third kappa shape index (κ3) is 2.50. The van der Waals surface area contributed by atoms with Gasteiger partial charge in [-0.1, -0.05) is 30.3 Å². The largest absolute Gasteiger partial charge is 0.465 e. The van der Waals surface area contributed by atoms with Crippen LogP contribution in [0.25, 0.3) is 10.4 Å². The van der Waals surface area contributed by atoms with Gasteiger partial charge < -0.3 is 9.47 Å². The van der Waals surface area contributed by atoms with Crippen LogP contribution in [0.5, 0.6) is 0 Å². The molecule has 1 atom stereocenters. The molecule has 3 rings (SSSR count). The van der Waals surface area contributed by atoms with Gasteiger partial charge in [0.15, 0.2) is 17.3 Å². The highest BCUT2D eigenvalue weighted by Crippen LogP contribution is 2.42. The summed E-state index contributed by atoms with van der Waals surface area (Å²) in [5.41, 5.74) is -1.53. The Morgan fingerprint density at radius 1 is 1.22 bits per heavy atom. The van der Waals surface area contributed by atoms with Gasteiger partial charge in [0.2, 0.25) is 0 Å². The van der Waals surface area contributed by atoms with E-state index in [2.05, 4.69) is 9.95 Å². The molecule has 0 aromatic heterocycles. The lowest BCUT2D eigenvalue weighted by molar-refractivity contribution is -0.140. The number of rotatable bonds is 3. The van der Waals surface area contributed by atoms with Crippen LogP contribution in [0.2, 0.25) is 0 Å². The number of carbonyl (C=O) groups is 2. The summed E-state index contributed by atoms with van der Waals surface area (Å²) in [5, 5.41) is 16.0. The van der Waals surface area contributed by atoms with Gasteiger partial charge in [-0.25, -0.2) is 21.2 Å². The van der Waals surface area contributed by atoms with Gasteiger partial charge in [0.25, 0.3) is 0 Å². The standard InChI is InChI=1S/C18H13N5O4/c1-20-18(11-19)14(16(24)26-2)15(17(25)27-3)22-10-13(9-21-23(18)22)12-7-5-4-6-8-12/h4-10H,2-3H3. The summed E-state index contributed by atoms with van der Waals surface area (Å²) in [5.74, 6) is -1.89. The lowest BCUT2D eigenvalue weighted by atomic mass is 10.0. The number of hydrogen-bond acceptors (Lipinski definition) is 8. The highest BCUT2D eigenvalue weighted by Gasteiger charge is 2.64. The fourth-order valence-corrected chi connectivity index (χ4v) is 2.81. The smallest absolute Gasteiger partial charge is 0.462 e. The van der Waals surface area contributed by atoms with E-state index in [0.717, 1.165) is 24.9 Å². The summed E-state index contributed by atoms with van der Waals surface area (Å²) in [7, 11) is 2.23. The minimum Gasteiger partial charge on any atom is -0.465 e. The second-order valence-electron chi connectivity index (χ2n) is 5.43. The number of hydrogen-bond donors (Lipinski definition) is 0. The fourth-order valence-electron chi connectivity index (χ4n) is 2.81. The minimum absolute atomic E-state index is 0.299. The summed E-state index contributed by atoms with van der Waals surface area (Å²) in [6, 6.07) is 10.9. The van der Waals surface area contributed by atoms with E-state index in [0.29, 0.717) is 5.57 Å². The monoisotopic (exact) mass is 363 g/mol. The number of ether oxygens (including phenoxy) is 2. The van der Waals surface area contributed by atoms with Crippen LogP contribution in [-0.4, -0.2) is 48.2 Å². The molecule has 0 saturated carbocycles. The summed E-state index contributed by atoms with van der Waals surface area (Å²) < 4.78 is 9.48. The highest BCUT2D eigenvalue weighted by atomic mass is 16.5. The van der Waals surface area contributed by atoms with Crippen molar-refractivity contribution in [2.45, 2.75) is 5.66 Å². The van der Waals surface area contributed by atoms with Crippen LogP contribution in [0.4, 0.5) is 0 Å². The number of nitrogens with zero attached hydrogens (tertiary/aromatic N) is 5. The zero-order valence-corrected chi connectivity index (χ0v) is 14.4. The van der Waals surface area contributed by atoms with Gasteiger partial charge in [-0.2, -0.15) is 10.4 Å². The molecule has 9 heteroatoms. The Hall–Kier alpha value is -4.11. The van der Waals surface area contributed by atoms with Crippen LogP contribution in [0, 0.1) is 17.9 Å². The van der Waals surface area contributed by atoms with Gasteiger partial charge in [0, 0.05) is 11.8 Å². The molecule has 0 fully saturated rings. The first-order valence-corrected chi connectivity index (χ1v) is 7.66. The third-order valence-electron chi connectivity index (χ3n) is 4.07. The number of methoxy groups -OCH3 is 2. The zero-order chi connectivity index (χ0) is 19.6. The van der Waals surface area contributed by atoms with E-state index in [1.165, 1.54) is 17.4 Å². The van der Waals surface area contributed by atoms with Gasteiger partial charge >= 0.3 is 17.6 Å². The normalized spacial score (nSPS) is 20.4. The molecule has 0 spiro atoms. The van der Waals surface area contributed by atoms with E-state index in [9.17, 15) is 14.9 Å². The predicted molar refractivity (Wildman–Crippen MR) is 92.6 cm³/mol. The summed E-state index contributed by atoms with van der Waals surface area (Å²) in [6.45, 7) is 7.52. The van der Waals surface area contributed by atoms with Crippen molar-refractivity contribution in [2.75, 3.05) is 14.2 Å². The van der Waals surface area contributed by atoms with Crippen molar-refractivity contribution in [3.63, 3.8) is 0 Å². The van der Waals surface area contributed by atoms with Crippen LogP contribution in [0.15, 0.2) is 52.9 Å². The van der Waals surface area contributed by atoms with Gasteiger partial charge in [-0.3, -0.25) is 4.85 Å². The quantitative estimate of drug-likeness (QED) is 0.589. The molecular formula is C18H13N5O4. The molecular weight excluding hydrogens is 350 g/mol. The molecule has 2 aliphatic heterocycles. The maximum absolute atomic E-state index is 12.4. The van der Waals surface area contributed by atoms with Crippen LogP contribution in [-0.2, 0) is 19.1 Å². The van der Waals surface area contributed by atoms with Crippen molar-refractivity contribution < 1.29 is 19.1 Å². The molecule has 0 bridgehead atoms. The first kappa shape index (κ1) is 17.7. The molecule has 0 N–H and O–H groups in total. The minimum atomic E-state index is -2.19. The van der Waals surface area contributed by atoms with Crippen LogP contribution >= 0.6 is 0 Å². The number of nitriles is 1. The van der Waals surface area contributed by atoms with E-state index < -0.39 is 23.2 Å². The van der Waals surface area contributed by atoms with E-state index in [4.69, 9.17) is 16.0 Å². The molecule has 9 nitrogen and oxygen atoms in total. The van der Waals surface area contributed by atoms with Crippen molar-refractivity contribution in [1.82, 2.24) is 10.1 Å². The van der Waals surface area contributed by atoms with Crippen molar-refractivity contribution in [3.05, 3.63) is 64.8 Å². The Labute approximate surface area is 154 Å². The van der Waals surface area contributed by atoms with Crippen LogP contribution in [0.3, 0.4) is 0 Å². The second-order valence-corrected chi connectivity index (χ2v) is 5.43. The summed E-state index contributed by atoms with van der Waals surface area (Å²) in [4.78, 5) is 28.1. The summed E-state index contributed by atoms with van der Waals surface area (Å²) in [6.07, 6.45) is 2.94. The molecule has 134 valence electrons. The number of esters is 2. The lowest BCUT2D eigenvalue weighted by Crippen LogP contribution is -2.46. The third-order valence-corrected chi connectivity index (χ3v) is 4.07. The molecule has 0 aliphatic carbocycles. The van der Waals surface area contributed by atoms with Crippen LogP contribution < -0.4 is 0 Å². The number of carbonyl (C=O) groups excluding carboxylic acids is 2. The lowest BCUT2D eigenvalue weighted by Gasteiger charge is -2.30. The average Bonchev–Trinajstić information content (AvgIpc) is 3.03. The Morgan fingerprint density at radius 3 is 2.44 bits per heavy atom. The number of allylic oxidation sites excluding steroid dienone is 1. The Balaban J connectivity index is 2.26. The first-order chi connectivity index (χ1) is 13.0. The molecule has 2 heterocycles.